The second kappa shape index (κ2) is 18.4. The molecule has 19 heteroatoms. The van der Waals surface area contributed by atoms with Gasteiger partial charge in [-0.05, 0) is 80.4 Å². The zero-order valence-electron chi connectivity index (χ0n) is 24.2. The number of carbonyl (C=O) groups is 2. The summed E-state index contributed by atoms with van der Waals surface area (Å²) >= 11 is 4.64. The third-order valence-electron chi connectivity index (χ3n) is 4.84. The van der Waals surface area contributed by atoms with E-state index in [1.165, 1.54) is 20.8 Å². The van der Waals surface area contributed by atoms with Gasteiger partial charge in [-0.2, -0.15) is 43.2 Å². The van der Waals surface area contributed by atoms with E-state index < -0.39 is 61.9 Å². The maximum absolute atomic E-state index is 12.4. The van der Waals surface area contributed by atoms with Gasteiger partial charge in [-0.25, -0.2) is 0 Å². The highest BCUT2D eigenvalue weighted by Gasteiger charge is 2.31. The van der Waals surface area contributed by atoms with E-state index in [4.69, 9.17) is 14.0 Å². The Bertz CT molecular complexity index is 1420. The van der Waals surface area contributed by atoms with Crippen LogP contribution in [0, 0.1) is 0 Å². The van der Waals surface area contributed by atoms with Gasteiger partial charge in [0.25, 0.3) is 20.2 Å². The predicted molar refractivity (Wildman–Crippen MR) is 148 cm³/mol. The van der Waals surface area contributed by atoms with Gasteiger partial charge in [0.2, 0.25) is 5.24 Å². The van der Waals surface area contributed by atoms with Gasteiger partial charge in [0.15, 0.2) is 0 Å². The van der Waals surface area contributed by atoms with E-state index in [0.717, 1.165) is 24.3 Å². The lowest BCUT2D eigenvalue weighted by Gasteiger charge is -2.12. The lowest BCUT2D eigenvalue weighted by Crippen LogP contribution is -2.16. The van der Waals surface area contributed by atoms with E-state index in [1.807, 2.05) is 0 Å². The minimum atomic E-state index is -4.54. The van der Waals surface area contributed by atoms with Crippen LogP contribution in [0.3, 0.4) is 0 Å². The standard InChI is InChI=1S/C13H15F3O5S.C11H13F3O4S.C2H3ClO/c1-9(21-10(2)17)7-8-20-22(18,19)12-5-3-11(4-6-12)13(14,15)16;1-8(15)6-7-18-19(16,17)10-4-2-9(3-5-10)11(12,13)14;1-2(3)4/h3-6,9H,7-8H2,1-2H3;2-5,8,15H,6-7H2,1H3;1H3. The Morgan fingerprint density at radius 3 is 1.31 bits per heavy atom. The predicted octanol–water partition coefficient (Wildman–Crippen LogP) is 5.71. The SMILES string of the molecule is CC(=O)Cl.CC(=O)OC(C)CCOS(=O)(=O)c1ccc(C(F)(F)F)cc1.CC(O)CCOS(=O)(=O)c1ccc(C(F)(F)F)cc1. The molecule has 0 spiro atoms. The number of carbonyl (C=O) groups excluding carboxylic acids is 2. The van der Waals surface area contributed by atoms with Crippen molar-refractivity contribution < 1.29 is 71.0 Å². The van der Waals surface area contributed by atoms with Gasteiger partial charge in [0.1, 0.15) is 6.10 Å². The lowest BCUT2D eigenvalue weighted by molar-refractivity contribution is -0.146. The summed E-state index contributed by atoms with van der Waals surface area (Å²) < 4.78 is 135. The van der Waals surface area contributed by atoms with Crippen LogP contribution in [-0.2, 0) is 55.3 Å². The van der Waals surface area contributed by atoms with Crippen LogP contribution in [0.2, 0.25) is 0 Å². The summed E-state index contributed by atoms with van der Waals surface area (Å²) in [6.07, 6.45) is -10.1. The van der Waals surface area contributed by atoms with Crippen molar-refractivity contribution >= 4 is 43.0 Å². The molecule has 0 saturated carbocycles. The molecule has 10 nitrogen and oxygen atoms in total. The average molecular weight is 717 g/mol. The highest BCUT2D eigenvalue weighted by Crippen LogP contribution is 2.31. The smallest absolute Gasteiger partial charge is 0.416 e. The summed E-state index contributed by atoms with van der Waals surface area (Å²) in [6, 6.07) is 5.99. The Labute approximate surface area is 261 Å². The highest BCUT2D eigenvalue weighted by molar-refractivity contribution is 7.87. The van der Waals surface area contributed by atoms with Gasteiger partial charge in [-0.15, -0.1) is 0 Å². The van der Waals surface area contributed by atoms with Gasteiger partial charge in [-0.3, -0.25) is 18.0 Å². The maximum Gasteiger partial charge on any atom is 0.416 e. The quantitative estimate of drug-likeness (QED) is 0.133. The number of alkyl halides is 6. The Morgan fingerprint density at radius 2 is 1.04 bits per heavy atom. The first-order valence-corrected chi connectivity index (χ1v) is 15.7. The van der Waals surface area contributed by atoms with E-state index in [9.17, 15) is 52.8 Å². The summed E-state index contributed by atoms with van der Waals surface area (Å²) in [5, 5.41) is 8.58. The molecule has 0 aliphatic carbocycles. The second-order valence-electron chi connectivity index (χ2n) is 8.91. The monoisotopic (exact) mass is 716 g/mol. The molecular weight excluding hydrogens is 686 g/mol. The van der Waals surface area contributed by atoms with Crippen LogP contribution in [0.25, 0.3) is 0 Å². The molecule has 0 aliphatic rings. The number of benzene rings is 2. The normalized spacial score (nSPS) is 13.3. The zero-order chi connectivity index (χ0) is 35.2. The molecule has 0 saturated heterocycles. The molecule has 0 fully saturated rings. The van der Waals surface area contributed by atoms with Crippen LogP contribution < -0.4 is 0 Å². The molecule has 1 N–H and O–H groups in total. The molecule has 2 aromatic carbocycles. The molecule has 0 bridgehead atoms. The Morgan fingerprint density at radius 1 is 0.733 bits per heavy atom. The molecule has 45 heavy (non-hydrogen) atoms. The van der Waals surface area contributed by atoms with Crippen molar-refractivity contribution in [2.24, 2.45) is 0 Å². The largest absolute Gasteiger partial charge is 0.463 e. The first kappa shape index (κ1) is 42.2. The number of hydrogen-bond donors (Lipinski definition) is 1. The van der Waals surface area contributed by atoms with E-state index in [0.29, 0.717) is 24.3 Å². The molecule has 0 aliphatic heterocycles. The van der Waals surface area contributed by atoms with Crippen molar-refractivity contribution in [2.45, 2.75) is 74.9 Å². The van der Waals surface area contributed by atoms with Gasteiger partial charge in [0, 0.05) is 20.3 Å². The fraction of sp³-hybridized carbons (Fsp3) is 0.462. The topological polar surface area (TPSA) is 150 Å². The minimum absolute atomic E-state index is 0.111. The molecule has 0 aromatic heterocycles. The summed E-state index contributed by atoms with van der Waals surface area (Å²) in [4.78, 5) is 19.2. The molecule has 0 amide bonds. The van der Waals surface area contributed by atoms with E-state index >= 15 is 0 Å². The zero-order valence-corrected chi connectivity index (χ0v) is 26.6. The molecule has 2 atom stereocenters. The number of aliphatic hydroxyl groups excluding tert-OH is 1. The third-order valence-corrected chi connectivity index (χ3v) is 7.50. The molecule has 2 unspecified atom stereocenters. The van der Waals surface area contributed by atoms with Crippen molar-refractivity contribution in [1.82, 2.24) is 0 Å². The molecule has 2 rings (SSSR count). The molecule has 0 radical (unpaired) electrons. The summed E-state index contributed by atoms with van der Waals surface area (Å²) in [5.74, 6) is -0.502. The van der Waals surface area contributed by atoms with Crippen LogP contribution in [0.1, 0.15) is 51.7 Å². The van der Waals surface area contributed by atoms with Gasteiger partial charge < -0.3 is 9.84 Å². The Kier molecular flexibility index (Phi) is 17.3. The minimum Gasteiger partial charge on any atom is -0.463 e. The second-order valence-corrected chi connectivity index (χ2v) is 12.7. The number of hydrogen-bond acceptors (Lipinski definition) is 10. The first-order valence-electron chi connectivity index (χ1n) is 12.5. The van der Waals surface area contributed by atoms with Crippen LogP contribution in [0.15, 0.2) is 58.3 Å². The third kappa shape index (κ3) is 18.1. The van der Waals surface area contributed by atoms with Crippen LogP contribution in [-0.4, -0.2) is 58.6 Å². The van der Waals surface area contributed by atoms with Crippen LogP contribution in [0.4, 0.5) is 26.3 Å². The molecule has 256 valence electrons. The van der Waals surface area contributed by atoms with Gasteiger partial charge in [0.05, 0.1) is 40.2 Å². The highest BCUT2D eigenvalue weighted by atomic mass is 35.5. The molecular formula is C26H31ClF6O10S2. The van der Waals surface area contributed by atoms with Crippen molar-refractivity contribution in [1.29, 1.82) is 0 Å². The Hall–Kier alpha value is -2.77. The number of esters is 1. The van der Waals surface area contributed by atoms with Gasteiger partial charge >= 0.3 is 18.3 Å². The first-order chi connectivity index (χ1) is 20.4. The van der Waals surface area contributed by atoms with Crippen molar-refractivity contribution in [2.75, 3.05) is 13.2 Å². The molecule has 2 aromatic rings. The van der Waals surface area contributed by atoms with Crippen molar-refractivity contribution in [3.8, 4) is 0 Å². The summed E-state index contributed by atoms with van der Waals surface area (Å²) in [6.45, 7) is 5.06. The van der Waals surface area contributed by atoms with Crippen LogP contribution >= 0.6 is 11.6 Å². The van der Waals surface area contributed by atoms with Crippen molar-refractivity contribution in [3.63, 3.8) is 0 Å². The van der Waals surface area contributed by atoms with E-state index in [-0.39, 0.29) is 41.1 Å². The van der Waals surface area contributed by atoms with Crippen molar-refractivity contribution in [3.05, 3.63) is 59.7 Å². The average Bonchev–Trinajstić information content (AvgIpc) is 2.87. The van der Waals surface area contributed by atoms with E-state index in [2.05, 4.69) is 15.8 Å². The fourth-order valence-electron chi connectivity index (χ4n) is 2.75. The maximum atomic E-state index is 12.4. The Balaban J connectivity index is 0.000000775. The summed E-state index contributed by atoms with van der Waals surface area (Å²) in [5.41, 5.74) is -1.88. The summed E-state index contributed by atoms with van der Waals surface area (Å²) in [7, 11) is -8.25. The number of halogens is 7. The van der Waals surface area contributed by atoms with Gasteiger partial charge in [-0.1, -0.05) is 0 Å². The molecule has 0 heterocycles. The number of ether oxygens (including phenoxy) is 1. The lowest BCUT2D eigenvalue weighted by atomic mass is 10.2. The fourth-order valence-corrected chi connectivity index (χ4v) is 4.59. The van der Waals surface area contributed by atoms with Crippen LogP contribution in [0.5, 0.6) is 0 Å². The number of aliphatic hydroxyl groups is 1. The number of rotatable bonds is 11. The van der Waals surface area contributed by atoms with E-state index in [1.54, 1.807) is 6.92 Å².